The van der Waals surface area contributed by atoms with Gasteiger partial charge in [-0.15, -0.1) is 5.10 Å². The monoisotopic (exact) mass is 314 g/mol. The van der Waals surface area contributed by atoms with Crippen LogP contribution in [0.5, 0.6) is 11.5 Å². The number of hydrogen-bond acceptors (Lipinski definition) is 8. The zero-order chi connectivity index (χ0) is 15.8. The van der Waals surface area contributed by atoms with Crippen molar-refractivity contribution in [3.8, 4) is 23.0 Å². The number of carbonyl (C=O) groups excluding carboxylic acids is 1. The molecule has 0 saturated heterocycles. The molecule has 1 aliphatic rings. The van der Waals surface area contributed by atoms with Crippen molar-refractivity contribution in [2.75, 3.05) is 12.1 Å². The van der Waals surface area contributed by atoms with Crippen molar-refractivity contribution < 1.29 is 23.2 Å². The van der Waals surface area contributed by atoms with E-state index in [9.17, 15) is 4.79 Å². The largest absolute Gasteiger partial charge is 0.454 e. The number of aryl methyl sites for hydroxylation is 1. The molecule has 1 N–H and O–H groups in total. The number of carbonyl (C=O) groups is 1. The Morgan fingerprint density at radius 3 is 2.87 bits per heavy atom. The van der Waals surface area contributed by atoms with Gasteiger partial charge in [0.15, 0.2) is 17.2 Å². The second kappa shape index (κ2) is 5.13. The predicted octanol–water partition coefficient (Wildman–Crippen LogP) is 2.01. The highest BCUT2D eigenvalue weighted by Crippen LogP contribution is 2.35. The summed E-state index contributed by atoms with van der Waals surface area (Å²) < 4.78 is 20.8. The van der Waals surface area contributed by atoms with E-state index < -0.39 is 5.91 Å². The van der Waals surface area contributed by atoms with E-state index >= 15 is 0 Å². The molecule has 0 fully saturated rings. The van der Waals surface area contributed by atoms with Crippen LogP contribution in [0.1, 0.15) is 16.2 Å². The molecule has 3 aromatic rings. The Kier molecular flexibility index (Phi) is 2.97. The predicted molar refractivity (Wildman–Crippen MR) is 75.1 cm³/mol. The molecule has 0 radical (unpaired) electrons. The molecule has 2 aromatic heterocycles. The smallest absolute Gasteiger partial charge is 0.322 e. The molecule has 116 valence electrons. The first kappa shape index (κ1) is 13.3. The maximum atomic E-state index is 11.9. The van der Waals surface area contributed by atoms with E-state index in [1.54, 1.807) is 25.1 Å². The summed E-state index contributed by atoms with van der Waals surface area (Å²) in [6, 6.07) is 6.70. The lowest BCUT2D eigenvalue weighted by atomic mass is 10.2. The van der Waals surface area contributed by atoms with Gasteiger partial charge in [-0.3, -0.25) is 10.1 Å². The van der Waals surface area contributed by atoms with Gasteiger partial charge in [0.25, 0.3) is 5.91 Å². The third-order valence-corrected chi connectivity index (χ3v) is 3.13. The lowest BCUT2D eigenvalue weighted by Crippen LogP contribution is -2.12. The molecule has 9 nitrogen and oxygen atoms in total. The van der Waals surface area contributed by atoms with Crippen LogP contribution in [-0.4, -0.2) is 28.1 Å². The van der Waals surface area contributed by atoms with Gasteiger partial charge in [-0.2, -0.15) is 0 Å². The molecule has 0 spiro atoms. The summed E-state index contributed by atoms with van der Waals surface area (Å²) in [5.74, 6) is 1.53. The zero-order valence-corrected chi connectivity index (χ0v) is 11.9. The number of nitrogens with one attached hydrogen (secondary N) is 1. The molecule has 1 aliphatic heterocycles. The van der Waals surface area contributed by atoms with E-state index in [1.165, 1.54) is 6.07 Å². The fourth-order valence-corrected chi connectivity index (χ4v) is 2.05. The van der Waals surface area contributed by atoms with E-state index in [2.05, 4.69) is 20.7 Å². The lowest BCUT2D eigenvalue weighted by molar-refractivity contribution is 0.101. The number of aromatic nitrogens is 3. The summed E-state index contributed by atoms with van der Waals surface area (Å²) in [5.41, 5.74) is 0.782. The van der Waals surface area contributed by atoms with E-state index in [0.717, 1.165) is 0 Å². The third kappa shape index (κ3) is 2.48. The van der Waals surface area contributed by atoms with Crippen molar-refractivity contribution in [1.82, 2.24) is 15.4 Å². The summed E-state index contributed by atoms with van der Waals surface area (Å²) in [6.45, 7) is 1.87. The van der Waals surface area contributed by atoms with E-state index in [1.807, 2.05) is 0 Å². The minimum atomic E-state index is -0.497. The molecule has 0 atom stereocenters. The van der Waals surface area contributed by atoms with Gasteiger partial charge in [-0.05, 0) is 25.1 Å². The Morgan fingerprint density at radius 2 is 2.04 bits per heavy atom. The number of benzene rings is 1. The van der Waals surface area contributed by atoms with Gasteiger partial charge in [0.1, 0.15) is 5.76 Å². The molecule has 0 aliphatic carbocycles. The summed E-state index contributed by atoms with van der Waals surface area (Å²) >= 11 is 0. The maximum absolute atomic E-state index is 11.9. The van der Waals surface area contributed by atoms with E-state index in [-0.39, 0.29) is 24.4 Å². The van der Waals surface area contributed by atoms with Gasteiger partial charge >= 0.3 is 6.01 Å². The molecule has 0 unspecified atom stereocenters. The molecule has 9 heteroatoms. The minimum Gasteiger partial charge on any atom is -0.454 e. The number of nitrogens with zero attached hydrogens (tertiary/aromatic N) is 3. The number of fused-ring (bicyclic) bond motifs is 1. The van der Waals surface area contributed by atoms with Crippen LogP contribution in [0, 0.1) is 6.92 Å². The zero-order valence-electron chi connectivity index (χ0n) is 11.9. The number of rotatable bonds is 3. The van der Waals surface area contributed by atoms with Gasteiger partial charge in [0.2, 0.25) is 12.7 Å². The van der Waals surface area contributed by atoms with Crippen LogP contribution >= 0.6 is 0 Å². The van der Waals surface area contributed by atoms with E-state index in [4.69, 9.17) is 18.4 Å². The SMILES string of the molecule is Cc1cc(C(=O)Nc2nnc(-c3ccc4c(c3)OCO4)o2)no1. The summed E-state index contributed by atoms with van der Waals surface area (Å²) in [7, 11) is 0. The number of hydrogen-bond donors (Lipinski definition) is 1. The van der Waals surface area contributed by atoms with Crippen LogP contribution in [0.3, 0.4) is 0 Å². The molecule has 23 heavy (non-hydrogen) atoms. The number of ether oxygens (including phenoxy) is 2. The van der Waals surface area contributed by atoms with Gasteiger partial charge in [0.05, 0.1) is 0 Å². The Labute approximate surface area is 129 Å². The van der Waals surface area contributed by atoms with E-state index in [0.29, 0.717) is 22.8 Å². The van der Waals surface area contributed by atoms with Crippen LogP contribution in [0.25, 0.3) is 11.5 Å². The third-order valence-electron chi connectivity index (χ3n) is 3.13. The summed E-state index contributed by atoms with van der Waals surface area (Å²) in [5, 5.41) is 13.7. The standard InChI is InChI=1S/C14H10N4O5/c1-7-4-9(18-23-7)12(19)15-14-17-16-13(22-14)8-2-3-10-11(5-8)21-6-20-10/h2-5H,6H2,1H3,(H,15,17,19). The van der Waals surface area contributed by atoms with Gasteiger partial charge in [0, 0.05) is 11.6 Å². The fraction of sp³-hybridized carbons (Fsp3) is 0.143. The van der Waals surface area contributed by atoms with Gasteiger partial charge in [-0.25, -0.2) is 0 Å². The van der Waals surface area contributed by atoms with Crippen LogP contribution in [0.2, 0.25) is 0 Å². The average molecular weight is 314 g/mol. The van der Waals surface area contributed by atoms with Crippen molar-refractivity contribution in [3.05, 3.63) is 35.7 Å². The quantitative estimate of drug-likeness (QED) is 0.781. The molecular weight excluding hydrogens is 304 g/mol. The van der Waals surface area contributed by atoms with Crippen LogP contribution in [-0.2, 0) is 0 Å². The highest BCUT2D eigenvalue weighted by molar-refractivity contribution is 6.01. The first-order valence-corrected chi connectivity index (χ1v) is 6.67. The molecule has 0 saturated carbocycles. The first-order valence-electron chi connectivity index (χ1n) is 6.67. The molecule has 3 heterocycles. The minimum absolute atomic E-state index is 0.0386. The maximum Gasteiger partial charge on any atom is 0.322 e. The Balaban J connectivity index is 1.54. The van der Waals surface area contributed by atoms with Crippen molar-refractivity contribution >= 4 is 11.9 Å². The molecule has 1 aromatic carbocycles. The molecular formula is C14H10N4O5. The second-order valence-corrected chi connectivity index (χ2v) is 4.76. The fourth-order valence-electron chi connectivity index (χ4n) is 2.05. The lowest BCUT2D eigenvalue weighted by Gasteiger charge is -1.98. The topological polar surface area (TPSA) is 113 Å². The number of anilines is 1. The van der Waals surface area contributed by atoms with Crippen molar-refractivity contribution in [1.29, 1.82) is 0 Å². The summed E-state index contributed by atoms with van der Waals surface area (Å²) in [4.78, 5) is 11.9. The molecule has 1 amide bonds. The van der Waals surface area contributed by atoms with Gasteiger partial charge in [-0.1, -0.05) is 10.3 Å². The molecule has 4 rings (SSSR count). The Hall–Kier alpha value is -3.36. The average Bonchev–Trinajstić information content (AvgIpc) is 3.26. The van der Waals surface area contributed by atoms with Crippen LogP contribution in [0.15, 0.2) is 33.2 Å². The van der Waals surface area contributed by atoms with Gasteiger partial charge < -0.3 is 18.4 Å². The molecule has 0 bridgehead atoms. The Morgan fingerprint density at radius 1 is 1.17 bits per heavy atom. The summed E-state index contributed by atoms with van der Waals surface area (Å²) in [6.07, 6.45) is 0. The normalized spacial score (nSPS) is 12.4. The van der Waals surface area contributed by atoms with Crippen LogP contribution < -0.4 is 14.8 Å². The van der Waals surface area contributed by atoms with Crippen molar-refractivity contribution in [2.24, 2.45) is 0 Å². The first-order chi connectivity index (χ1) is 11.2. The highest BCUT2D eigenvalue weighted by atomic mass is 16.7. The van der Waals surface area contributed by atoms with Crippen molar-refractivity contribution in [2.45, 2.75) is 6.92 Å². The highest BCUT2D eigenvalue weighted by Gasteiger charge is 2.18. The van der Waals surface area contributed by atoms with Crippen molar-refractivity contribution in [3.63, 3.8) is 0 Å². The number of amides is 1. The Bertz CT molecular complexity index is 885. The van der Waals surface area contributed by atoms with Crippen LogP contribution in [0.4, 0.5) is 6.01 Å². The second-order valence-electron chi connectivity index (χ2n) is 4.76.